The van der Waals surface area contributed by atoms with E-state index in [1.54, 1.807) is 13.2 Å². The number of fused-ring (bicyclic) bond motifs is 1. The molecule has 0 N–H and O–H groups in total. The fourth-order valence-corrected chi connectivity index (χ4v) is 4.01. The highest BCUT2D eigenvalue weighted by Crippen LogP contribution is 2.25. The SMILES string of the molecule is COc1ccc(CC2CCN(C(=O)c3ccc4nc(Cl)ccc4c3)CC2)cc1. The number of nitrogens with zero attached hydrogens (tertiary/aromatic N) is 2. The van der Waals surface area contributed by atoms with Crippen LogP contribution >= 0.6 is 11.6 Å². The van der Waals surface area contributed by atoms with Gasteiger partial charge in [0.25, 0.3) is 5.91 Å². The smallest absolute Gasteiger partial charge is 0.253 e. The van der Waals surface area contributed by atoms with Crippen LogP contribution in [0.5, 0.6) is 5.75 Å². The number of rotatable bonds is 4. The van der Waals surface area contributed by atoms with E-state index < -0.39 is 0 Å². The predicted molar refractivity (Wildman–Crippen MR) is 112 cm³/mol. The summed E-state index contributed by atoms with van der Waals surface area (Å²) < 4.78 is 5.22. The lowest BCUT2D eigenvalue weighted by molar-refractivity contribution is 0.0690. The number of benzene rings is 2. The molecule has 0 saturated carbocycles. The van der Waals surface area contributed by atoms with Crippen molar-refractivity contribution in [1.29, 1.82) is 0 Å². The minimum Gasteiger partial charge on any atom is -0.497 e. The lowest BCUT2D eigenvalue weighted by Gasteiger charge is -2.32. The summed E-state index contributed by atoms with van der Waals surface area (Å²) in [5, 5.41) is 1.40. The largest absolute Gasteiger partial charge is 0.497 e. The fourth-order valence-electron chi connectivity index (χ4n) is 3.85. The van der Waals surface area contributed by atoms with Crippen molar-refractivity contribution in [1.82, 2.24) is 9.88 Å². The monoisotopic (exact) mass is 394 g/mol. The molecule has 28 heavy (non-hydrogen) atoms. The number of likely N-dealkylation sites (tertiary alicyclic amines) is 1. The van der Waals surface area contributed by atoms with Crippen molar-refractivity contribution >= 4 is 28.4 Å². The van der Waals surface area contributed by atoms with E-state index in [9.17, 15) is 4.79 Å². The first kappa shape index (κ1) is 18.8. The maximum Gasteiger partial charge on any atom is 0.253 e. The van der Waals surface area contributed by atoms with E-state index in [1.165, 1.54) is 5.56 Å². The summed E-state index contributed by atoms with van der Waals surface area (Å²) in [6, 6.07) is 17.6. The summed E-state index contributed by atoms with van der Waals surface area (Å²) >= 11 is 5.94. The zero-order valence-corrected chi connectivity index (χ0v) is 16.7. The molecule has 2 aromatic carbocycles. The van der Waals surface area contributed by atoms with Crippen LogP contribution in [0, 0.1) is 5.92 Å². The summed E-state index contributed by atoms with van der Waals surface area (Å²) in [7, 11) is 1.68. The Morgan fingerprint density at radius 3 is 2.57 bits per heavy atom. The first-order valence-corrected chi connectivity index (χ1v) is 9.99. The van der Waals surface area contributed by atoms with E-state index in [-0.39, 0.29) is 5.91 Å². The van der Waals surface area contributed by atoms with Crippen molar-refractivity contribution in [2.75, 3.05) is 20.2 Å². The first-order chi connectivity index (χ1) is 13.6. The summed E-state index contributed by atoms with van der Waals surface area (Å²) in [5.74, 6) is 1.59. The predicted octanol–water partition coefficient (Wildman–Crippen LogP) is 4.99. The quantitative estimate of drug-likeness (QED) is 0.585. The molecule has 1 saturated heterocycles. The van der Waals surface area contributed by atoms with Crippen LogP contribution in [0.4, 0.5) is 0 Å². The third-order valence-corrected chi connectivity index (χ3v) is 5.70. The van der Waals surface area contributed by atoms with Crippen LogP contribution < -0.4 is 4.74 Å². The van der Waals surface area contributed by atoms with E-state index in [0.29, 0.717) is 16.6 Å². The van der Waals surface area contributed by atoms with Crippen LogP contribution in [0.3, 0.4) is 0 Å². The minimum atomic E-state index is 0.0970. The van der Waals surface area contributed by atoms with Gasteiger partial charge in [0.05, 0.1) is 12.6 Å². The van der Waals surface area contributed by atoms with Gasteiger partial charge >= 0.3 is 0 Å². The van der Waals surface area contributed by atoms with Gasteiger partial charge in [-0.15, -0.1) is 0 Å². The Hall–Kier alpha value is -2.59. The second kappa shape index (κ2) is 8.19. The molecule has 2 heterocycles. The van der Waals surface area contributed by atoms with Crippen molar-refractivity contribution in [2.24, 2.45) is 5.92 Å². The van der Waals surface area contributed by atoms with E-state index in [2.05, 4.69) is 17.1 Å². The van der Waals surface area contributed by atoms with Crippen molar-refractivity contribution in [3.05, 3.63) is 70.9 Å². The molecule has 4 rings (SSSR count). The molecule has 3 aromatic rings. The normalized spacial score (nSPS) is 15.0. The molecule has 4 nitrogen and oxygen atoms in total. The number of carbonyl (C=O) groups is 1. The molecule has 0 aliphatic carbocycles. The number of aromatic nitrogens is 1. The van der Waals surface area contributed by atoms with Gasteiger partial charge in [-0.2, -0.15) is 0 Å². The molecule has 0 atom stereocenters. The summed E-state index contributed by atoms with van der Waals surface area (Å²) in [4.78, 5) is 19.2. The second-order valence-corrected chi connectivity index (χ2v) is 7.72. The third kappa shape index (κ3) is 4.12. The van der Waals surface area contributed by atoms with Gasteiger partial charge in [-0.3, -0.25) is 4.79 Å². The van der Waals surface area contributed by atoms with E-state index in [0.717, 1.165) is 49.0 Å². The Morgan fingerprint density at radius 1 is 1.11 bits per heavy atom. The Balaban J connectivity index is 1.37. The number of pyridine rings is 1. The standard InChI is InChI=1S/C23H23ClN2O2/c1-28-20-6-2-16(3-7-20)14-17-10-12-26(13-11-17)23(27)19-4-8-21-18(15-19)5-9-22(24)25-21/h2-9,15,17H,10-14H2,1H3. The Morgan fingerprint density at radius 2 is 1.86 bits per heavy atom. The number of hydrogen-bond donors (Lipinski definition) is 0. The Labute approximate surface area is 170 Å². The van der Waals surface area contributed by atoms with Gasteiger partial charge in [0.1, 0.15) is 10.9 Å². The molecule has 1 amide bonds. The van der Waals surface area contributed by atoms with Crippen molar-refractivity contribution in [3.8, 4) is 5.75 Å². The molecule has 1 aromatic heterocycles. The van der Waals surface area contributed by atoms with Gasteiger partial charge in [0.15, 0.2) is 0 Å². The van der Waals surface area contributed by atoms with Gasteiger partial charge in [0, 0.05) is 24.0 Å². The van der Waals surface area contributed by atoms with Crippen molar-refractivity contribution in [3.63, 3.8) is 0 Å². The van der Waals surface area contributed by atoms with Crippen molar-refractivity contribution < 1.29 is 9.53 Å². The first-order valence-electron chi connectivity index (χ1n) is 9.61. The molecule has 1 aliphatic rings. The van der Waals surface area contributed by atoms with Crippen LogP contribution in [-0.4, -0.2) is 36.0 Å². The lowest BCUT2D eigenvalue weighted by Crippen LogP contribution is -2.38. The summed E-state index contributed by atoms with van der Waals surface area (Å²) in [6.07, 6.45) is 3.11. The molecule has 1 aliphatic heterocycles. The molecule has 144 valence electrons. The number of amides is 1. The average Bonchev–Trinajstić information content (AvgIpc) is 2.74. The van der Waals surface area contributed by atoms with Crippen molar-refractivity contribution in [2.45, 2.75) is 19.3 Å². The molecule has 5 heteroatoms. The van der Waals surface area contributed by atoms with Crippen LogP contribution in [0.2, 0.25) is 5.15 Å². The average molecular weight is 395 g/mol. The maximum atomic E-state index is 12.9. The van der Waals surface area contributed by atoms with Crippen LogP contribution in [0.25, 0.3) is 10.9 Å². The minimum absolute atomic E-state index is 0.0970. The number of halogens is 1. The number of ether oxygens (including phenoxy) is 1. The topological polar surface area (TPSA) is 42.4 Å². The zero-order valence-electron chi connectivity index (χ0n) is 15.9. The highest BCUT2D eigenvalue weighted by atomic mass is 35.5. The van der Waals surface area contributed by atoms with E-state index in [4.69, 9.17) is 16.3 Å². The molecule has 0 spiro atoms. The van der Waals surface area contributed by atoms with Crippen LogP contribution in [0.15, 0.2) is 54.6 Å². The summed E-state index contributed by atoms with van der Waals surface area (Å²) in [6.45, 7) is 1.60. The molecule has 0 bridgehead atoms. The van der Waals surface area contributed by atoms with Crippen LogP contribution in [0.1, 0.15) is 28.8 Å². The number of methoxy groups -OCH3 is 1. The fraction of sp³-hybridized carbons (Fsp3) is 0.304. The Kier molecular flexibility index (Phi) is 5.49. The van der Waals surface area contributed by atoms with Crippen LogP contribution in [-0.2, 0) is 6.42 Å². The molecule has 0 unspecified atom stereocenters. The van der Waals surface area contributed by atoms with Gasteiger partial charge < -0.3 is 9.64 Å². The number of hydrogen-bond acceptors (Lipinski definition) is 3. The highest BCUT2D eigenvalue weighted by molar-refractivity contribution is 6.29. The maximum absolute atomic E-state index is 12.9. The molecule has 1 fully saturated rings. The van der Waals surface area contributed by atoms with Gasteiger partial charge in [-0.25, -0.2) is 4.98 Å². The zero-order chi connectivity index (χ0) is 19.5. The molecular formula is C23H23ClN2O2. The molecular weight excluding hydrogens is 372 g/mol. The Bertz CT molecular complexity index is 980. The van der Waals surface area contributed by atoms with E-state index >= 15 is 0 Å². The highest BCUT2D eigenvalue weighted by Gasteiger charge is 2.24. The third-order valence-electron chi connectivity index (χ3n) is 5.49. The number of carbonyl (C=O) groups excluding carboxylic acids is 1. The lowest BCUT2D eigenvalue weighted by atomic mass is 9.90. The van der Waals surface area contributed by atoms with Gasteiger partial charge in [-0.05, 0) is 73.2 Å². The summed E-state index contributed by atoms with van der Waals surface area (Å²) in [5.41, 5.74) is 2.85. The van der Waals surface area contributed by atoms with Gasteiger partial charge in [0.2, 0.25) is 0 Å². The number of piperidine rings is 1. The second-order valence-electron chi connectivity index (χ2n) is 7.33. The van der Waals surface area contributed by atoms with E-state index in [1.807, 2.05) is 41.3 Å². The van der Waals surface area contributed by atoms with Gasteiger partial charge in [-0.1, -0.05) is 23.7 Å². The molecule has 0 radical (unpaired) electrons.